The molecule has 1 saturated carbocycles. The minimum absolute atomic E-state index is 0.129. The Morgan fingerprint density at radius 1 is 1.73 bits per heavy atom. The Hall–Kier alpha value is -0.880. The van der Waals surface area contributed by atoms with Gasteiger partial charge in [0.15, 0.2) is 0 Å². The van der Waals surface area contributed by atoms with Crippen LogP contribution in [0.5, 0.6) is 0 Å². The SMILES string of the molecule is CC1CCCC(C#N)(Cc2nccs2)C1. The lowest BCUT2D eigenvalue weighted by Crippen LogP contribution is -2.28. The normalized spacial score (nSPS) is 31.1. The summed E-state index contributed by atoms with van der Waals surface area (Å²) in [4.78, 5) is 4.30. The van der Waals surface area contributed by atoms with Gasteiger partial charge < -0.3 is 0 Å². The fourth-order valence-corrected chi connectivity index (χ4v) is 3.35. The average Bonchev–Trinajstić information content (AvgIpc) is 2.70. The van der Waals surface area contributed by atoms with Crippen LogP contribution in [0, 0.1) is 22.7 Å². The Labute approximate surface area is 95.0 Å². The summed E-state index contributed by atoms with van der Waals surface area (Å²) in [5.41, 5.74) is -0.129. The van der Waals surface area contributed by atoms with Crippen LogP contribution in [-0.4, -0.2) is 4.98 Å². The molecule has 1 fully saturated rings. The van der Waals surface area contributed by atoms with Gasteiger partial charge in [-0.1, -0.05) is 19.8 Å². The van der Waals surface area contributed by atoms with Crippen molar-refractivity contribution in [1.82, 2.24) is 4.98 Å². The highest BCUT2D eigenvalue weighted by Gasteiger charge is 2.35. The number of rotatable bonds is 2. The van der Waals surface area contributed by atoms with E-state index in [0.29, 0.717) is 5.92 Å². The predicted molar refractivity (Wildman–Crippen MR) is 61.5 cm³/mol. The summed E-state index contributed by atoms with van der Waals surface area (Å²) in [7, 11) is 0. The van der Waals surface area contributed by atoms with E-state index in [0.717, 1.165) is 24.3 Å². The first-order chi connectivity index (χ1) is 7.24. The van der Waals surface area contributed by atoms with Gasteiger partial charge in [-0.3, -0.25) is 0 Å². The molecule has 0 aliphatic heterocycles. The lowest BCUT2D eigenvalue weighted by molar-refractivity contribution is 0.209. The van der Waals surface area contributed by atoms with Gasteiger partial charge in [-0.15, -0.1) is 11.3 Å². The molecule has 2 unspecified atom stereocenters. The van der Waals surface area contributed by atoms with E-state index in [1.165, 1.54) is 12.8 Å². The topological polar surface area (TPSA) is 36.7 Å². The molecule has 2 nitrogen and oxygen atoms in total. The standard InChI is InChI=1S/C12H16N2S/c1-10-3-2-4-12(7-10,9-13)8-11-14-5-6-15-11/h5-6,10H,2-4,7-8H2,1H3. The molecule has 2 atom stereocenters. The molecule has 1 heterocycles. The maximum atomic E-state index is 9.38. The monoisotopic (exact) mass is 220 g/mol. The molecular weight excluding hydrogens is 204 g/mol. The van der Waals surface area contributed by atoms with Crippen molar-refractivity contribution in [3.05, 3.63) is 16.6 Å². The minimum Gasteiger partial charge on any atom is -0.250 e. The molecule has 80 valence electrons. The van der Waals surface area contributed by atoms with Crippen molar-refractivity contribution in [3.8, 4) is 6.07 Å². The van der Waals surface area contributed by atoms with Crippen LogP contribution in [0.4, 0.5) is 0 Å². The third-order valence-electron chi connectivity index (χ3n) is 3.30. The lowest BCUT2D eigenvalue weighted by Gasteiger charge is -2.33. The molecule has 0 N–H and O–H groups in total. The molecule has 1 aromatic heterocycles. The highest BCUT2D eigenvalue weighted by atomic mass is 32.1. The molecular formula is C12H16N2S. The fraction of sp³-hybridized carbons (Fsp3) is 0.667. The van der Waals surface area contributed by atoms with Crippen LogP contribution >= 0.6 is 11.3 Å². The van der Waals surface area contributed by atoms with Gasteiger partial charge in [0.25, 0.3) is 0 Å². The summed E-state index contributed by atoms with van der Waals surface area (Å²) in [6.07, 6.45) is 7.25. The number of aromatic nitrogens is 1. The van der Waals surface area contributed by atoms with Gasteiger partial charge in [0.2, 0.25) is 0 Å². The molecule has 0 aromatic carbocycles. The number of thiazole rings is 1. The molecule has 15 heavy (non-hydrogen) atoms. The zero-order chi connectivity index (χ0) is 10.7. The molecule has 2 rings (SSSR count). The van der Waals surface area contributed by atoms with E-state index in [1.54, 1.807) is 11.3 Å². The summed E-state index contributed by atoms with van der Waals surface area (Å²) in [6.45, 7) is 2.26. The van der Waals surface area contributed by atoms with Crippen LogP contribution in [0.3, 0.4) is 0 Å². The second-order valence-electron chi connectivity index (χ2n) is 4.70. The third-order valence-corrected chi connectivity index (χ3v) is 4.08. The third kappa shape index (κ3) is 2.38. The Morgan fingerprint density at radius 2 is 2.60 bits per heavy atom. The van der Waals surface area contributed by atoms with Crippen LogP contribution < -0.4 is 0 Å². The van der Waals surface area contributed by atoms with E-state index in [-0.39, 0.29) is 5.41 Å². The van der Waals surface area contributed by atoms with Crippen molar-refractivity contribution in [2.75, 3.05) is 0 Å². The molecule has 0 radical (unpaired) electrons. The van der Waals surface area contributed by atoms with Crippen molar-refractivity contribution in [3.63, 3.8) is 0 Å². The van der Waals surface area contributed by atoms with Gasteiger partial charge in [-0.05, 0) is 18.8 Å². The first-order valence-corrected chi connectivity index (χ1v) is 6.42. The molecule has 0 bridgehead atoms. The van der Waals surface area contributed by atoms with Gasteiger partial charge in [0, 0.05) is 18.0 Å². The second kappa shape index (κ2) is 4.32. The maximum absolute atomic E-state index is 9.38. The number of hydrogen-bond donors (Lipinski definition) is 0. The van der Waals surface area contributed by atoms with Crippen LogP contribution in [0.1, 0.15) is 37.6 Å². The molecule has 3 heteroatoms. The smallest absolute Gasteiger partial charge is 0.0940 e. The van der Waals surface area contributed by atoms with E-state index in [1.807, 2.05) is 11.6 Å². The van der Waals surface area contributed by atoms with E-state index in [4.69, 9.17) is 0 Å². The maximum Gasteiger partial charge on any atom is 0.0940 e. The summed E-state index contributed by atoms with van der Waals surface area (Å²) in [5, 5.41) is 12.5. The zero-order valence-electron chi connectivity index (χ0n) is 9.07. The van der Waals surface area contributed by atoms with E-state index in [9.17, 15) is 5.26 Å². The molecule has 0 amide bonds. The van der Waals surface area contributed by atoms with Crippen LogP contribution in [-0.2, 0) is 6.42 Å². The summed E-state index contributed by atoms with van der Waals surface area (Å²) < 4.78 is 0. The lowest BCUT2D eigenvalue weighted by atomic mass is 9.69. The van der Waals surface area contributed by atoms with Gasteiger partial charge in [-0.25, -0.2) is 4.98 Å². The number of nitriles is 1. The summed E-state index contributed by atoms with van der Waals surface area (Å²) in [5.74, 6) is 0.693. The minimum atomic E-state index is -0.129. The number of hydrogen-bond acceptors (Lipinski definition) is 3. The Balaban J connectivity index is 2.12. The first kappa shape index (κ1) is 10.6. The molecule has 1 aliphatic rings. The summed E-state index contributed by atoms with van der Waals surface area (Å²) >= 11 is 1.67. The highest BCUT2D eigenvalue weighted by molar-refractivity contribution is 7.09. The van der Waals surface area contributed by atoms with Gasteiger partial charge in [0.1, 0.15) is 0 Å². The first-order valence-electron chi connectivity index (χ1n) is 5.54. The highest BCUT2D eigenvalue weighted by Crippen LogP contribution is 2.41. The van der Waals surface area contributed by atoms with Gasteiger partial charge in [0.05, 0.1) is 16.5 Å². The quantitative estimate of drug-likeness (QED) is 0.766. The molecule has 1 aromatic rings. The Bertz CT molecular complexity index is 352. The molecule has 0 saturated heterocycles. The van der Waals surface area contributed by atoms with Crippen LogP contribution in [0.2, 0.25) is 0 Å². The predicted octanol–water partition coefficient (Wildman–Crippen LogP) is 3.41. The van der Waals surface area contributed by atoms with Crippen LogP contribution in [0.15, 0.2) is 11.6 Å². The average molecular weight is 220 g/mol. The van der Waals surface area contributed by atoms with Crippen molar-refractivity contribution in [1.29, 1.82) is 5.26 Å². The van der Waals surface area contributed by atoms with Crippen molar-refractivity contribution < 1.29 is 0 Å². The Kier molecular flexibility index (Phi) is 3.06. The Morgan fingerprint density at radius 3 is 3.20 bits per heavy atom. The van der Waals surface area contributed by atoms with Crippen molar-refractivity contribution in [2.24, 2.45) is 11.3 Å². The molecule has 1 aliphatic carbocycles. The van der Waals surface area contributed by atoms with E-state index >= 15 is 0 Å². The second-order valence-corrected chi connectivity index (χ2v) is 5.68. The number of nitrogens with zero attached hydrogens (tertiary/aromatic N) is 2. The zero-order valence-corrected chi connectivity index (χ0v) is 9.89. The summed E-state index contributed by atoms with van der Waals surface area (Å²) in [6, 6.07) is 2.55. The van der Waals surface area contributed by atoms with Crippen molar-refractivity contribution in [2.45, 2.75) is 39.0 Å². The largest absolute Gasteiger partial charge is 0.250 e. The van der Waals surface area contributed by atoms with Crippen molar-refractivity contribution >= 4 is 11.3 Å². The van der Waals surface area contributed by atoms with Gasteiger partial charge in [-0.2, -0.15) is 5.26 Å². The molecule has 0 spiro atoms. The van der Waals surface area contributed by atoms with Gasteiger partial charge >= 0.3 is 0 Å². The van der Waals surface area contributed by atoms with E-state index in [2.05, 4.69) is 18.0 Å². The van der Waals surface area contributed by atoms with E-state index < -0.39 is 0 Å². The van der Waals surface area contributed by atoms with Crippen LogP contribution in [0.25, 0.3) is 0 Å². The fourth-order valence-electron chi connectivity index (χ4n) is 2.59.